The summed E-state index contributed by atoms with van der Waals surface area (Å²) in [6.45, 7) is 1.52. The Labute approximate surface area is 197 Å². The van der Waals surface area contributed by atoms with Crippen molar-refractivity contribution in [2.75, 3.05) is 6.61 Å². The van der Waals surface area contributed by atoms with Crippen molar-refractivity contribution in [3.63, 3.8) is 0 Å². The van der Waals surface area contributed by atoms with E-state index < -0.39 is 11.9 Å². The van der Waals surface area contributed by atoms with E-state index in [2.05, 4.69) is 5.32 Å². The summed E-state index contributed by atoms with van der Waals surface area (Å²) in [5.41, 5.74) is 0.670. The molecule has 0 saturated heterocycles. The van der Waals surface area contributed by atoms with E-state index in [1.807, 2.05) is 0 Å². The molecule has 1 N–H and O–H groups in total. The first kappa shape index (κ1) is 24.3. The highest BCUT2D eigenvalue weighted by atomic mass is 35.5. The number of carbonyl (C=O) groups excluding carboxylic acids is 2. The van der Waals surface area contributed by atoms with Gasteiger partial charge >= 0.3 is 0 Å². The second-order valence-electron chi connectivity index (χ2n) is 8.02. The maximum absolute atomic E-state index is 13.1. The van der Waals surface area contributed by atoms with Gasteiger partial charge in [-0.3, -0.25) is 9.59 Å². The van der Waals surface area contributed by atoms with E-state index in [1.165, 1.54) is 35.6 Å². The lowest BCUT2D eigenvalue weighted by molar-refractivity contribution is -0.142. The topological polar surface area (TPSA) is 58.6 Å². The van der Waals surface area contributed by atoms with Crippen molar-refractivity contribution in [2.24, 2.45) is 0 Å². The predicted molar refractivity (Wildman–Crippen MR) is 123 cm³/mol. The zero-order valence-electron chi connectivity index (χ0n) is 18.0. The molecule has 3 rings (SSSR count). The molecular formula is C24H27Cl2FN2O3. The average molecular weight is 481 g/mol. The Morgan fingerprint density at radius 1 is 1.12 bits per heavy atom. The normalized spacial score (nSPS) is 15.1. The monoisotopic (exact) mass is 480 g/mol. The Hall–Kier alpha value is -2.31. The van der Waals surface area contributed by atoms with Crippen LogP contribution in [-0.2, 0) is 16.1 Å². The van der Waals surface area contributed by atoms with Crippen LogP contribution in [0.15, 0.2) is 42.5 Å². The number of halogens is 3. The quantitative estimate of drug-likeness (QED) is 0.551. The van der Waals surface area contributed by atoms with Gasteiger partial charge in [-0.05, 0) is 61.7 Å². The van der Waals surface area contributed by atoms with Crippen molar-refractivity contribution >= 4 is 35.0 Å². The molecule has 1 aliphatic carbocycles. The summed E-state index contributed by atoms with van der Waals surface area (Å²) in [6.07, 6.45) is 5.26. The Bertz CT molecular complexity index is 933. The highest BCUT2D eigenvalue weighted by Crippen LogP contribution is 2.24. The van der Waals surface area contributed by atoms with Crippen LogP contribution in [0, 0.1) is 5.82 Å². The molecule has 1 saturated carbocycles. The molecule has 2 aromatic rings. The second kappa shape index (κ2) is 11.5. The van der Waals surface area contributed by atoms with Crippen LogP contribution >= 0.6 is 23.2 Å². The fourth-order valence-corrected chi connectivity index (χ4v) is 4.21. The van der Waals surface area contributed by atoms with Gasteiger partial charge in [0.25, 0.3) is 5.91 Å². The summed E-state index contributed by atoms with van der Waals surface area (Å²) in [6, 6.07) is 9.83. The summed E-state index contributed by atoms with van der Waals surface area (Å²) in [4.78, 5) is 27.5. The highest BCUT2D eigenvalue weighted by Gasteiger charge is 2.29. The Morgan fingerprint density at radius 2 is 1.81 bits per heavy atom. The molecular weight excluding hydrogens is 454 g/mol. The molecule has 0 spiro atoms. The van der Waals surface area contributed by atoms with Gasteiger partial charge in [-0.25, -0.2) is 4.39 Å². The zero-order chi connectivity index (χ0) is 23.1. The third-order valence-electron chi connectivity index (χ3n) is 5.65. The summed E-state index contributed by atoms with van der Waals surface area (Å²) >= 11 is 12.3. The van der Waals surface area contributed by atoms with E-state index in [0.29, 0.717) is 21.4 Å². The van der Waals surface area contributed by atoms with Gasteiger partial charge in [0.1, 0.15) is 17.6 Å². The standard InChI is InChI=1S/C24H27Cl2FN2O3/c1-16(24(31)28-20-5-3-2-4-6-20)29(14-17-7-8-18(25)13-22(17)26)23(30)15-32-21-11-9-19(27)10-12-21/h7-13,16,20H,2-6,14-15H2,1H3,(H,28,31)/t16-/m1/s1. The van der Waals surface area contributed by atoms with E-state index >= 15 is 0 Å². The fraction of sp³-hybridized carbons (Fsp3) is 0.417. The first-order chi connectivity index (χ1) is 15.3. The van der Waals surface area contributed by atoms with Gasteiger partial charge in [0.05, 0.1) is 0 Å². The third-order valence-corrected chi connectivity index (χ3v) is 6.24. The van der Waals surface area contributed by atoms with Crippen molar-refractivity contribution in [3.8, 4) is 5.75 Å². The first-order valence-corrected chi connectivity index (χ1v) is 11.5. The Balaban J connectivity index is 1.73. The molecule has 5 nitrogen and oxygen atoms in total. The Morgan fingerprint density at radius 3 is 2.47 bits per heavy atom. The first-order valence-electron chi connectivity index (χ1n) is 10.8. The zero-order valence-corrected chi connectivity index (χ0v) is 19.5. The molecule has 0 radical (unpaired) electrons. The van der Waals surface area contributed by atoms with Gasteiger partial charge in [0, 0.05) is 22.6 Å². The number of rotatable bonds is 8. The largest absolute Gasteiger partial charge is 0.484 e. The lowest BCUT2D eigenvalue weighted by atomic mass is 9.95. The summed E-state index contributed by atoms with van der Waals surface area (Å²) in [5.74, 6) is -0.622. The van der Waals surface area contributed by atoms with Crippen molar-refractivity contribution < 1.29 is 18.7 Å². The minimum atomic E-state index is -0.729. The third kappa shape index (κ3) is 6.84. The van der Waals surface area contributed by atoms with Gasteiger partial charge in [0.15, 0.2) is 6.61 Å². The van der Waals surface area contributed by atoms with Gasteiger partial charge in [-0.2, -0.15) is 0 Å². The van der Waals surface area contributed by atoms with Gasteiger partial charge < -0.3 is 15.0 Å². The van der Waals surface area contributed by atoms with Crippen molar-refractivity contribution in [1.82, 2.24) is 10.2 Å². The summed E-state index contributed by atoms with van der Waals surface area (Å²) in [7, 11) is 0. The predicted octanol–water partition coefficient (Wildman–Crippen LogP) is 5.38. The maximum atomic E-state index is 13.1. The highest BCUT2D eigenvalue weighted by molar-refractivity contribution is 6.35. The number of carbonyl (C=O) groups is 2. The number of ether oxygens (including phenoxy) is 1. The molecule has 172 valence electrons. The summed E-state index contributed by atoms with van der Waals surface area (Å²) < 4.78 is 18.6. The average Bonchev–Trinajstić information content (AvgIpc) is 2.78. The van der Waals surface area contributed by atoms with E-state index in [0.717, 1.165) is 25.7 Å². The van der Waals surface area contributed by atoms with Crippen LogP contribution < -0.4 is 10.1 Å². The molecule has 1 aliphatic rings. The number of hydrogen-bond donors (Lipinski definition) is 1. The fourth-order valence-electron chi connectivity index (χ4n) is 3.74. The molecule has 0 heterocycles. The number of nitrogens with zero attached hydrogens (tertiary/aromatic N) is 1. The summed E-state index contributed by atoms with van der Waals surface area (Å²) in [5, 5.41) is 3.97. The van der Waals surface area contributed by atoms with Gasteiger partial charge in [-0.1, -0.05) is 48.5 Å². The van der Waals surface area contributed by atoms with E-state index in [4.69, 9.17) is 27.9 Å². The number of nitrogens with one attached hydrogen (secondary N) is 1. The van der Waals surface area contributed by atoms with Crippen molar-refractivity contribution in [3.05, 3.63) is 63.9 Å². The van der Waals surface area contributed by atoms with Gasteiger partial charge in [0.2, 0.25) is 5.91 Å². The van der Waals surface area contributed by atoms with Crippen LogP contribution in [0.5, 0.6) is 5.75 Å². The van der Waals surface area contributed by atoms with E-state index in [9.17, 15) is 14.0 Å². The van der Waals surface area contributed by atoms with Crippen LogP contribution in [0.1, 0.15) is 44.6 Å². The van der Waals surface area contributed by atoms with Crippen molar-refractivity contribution in [1.29, 1.82) is 0 Å². The lowest BCUT2D eigenvalue weighted by Crippen LogP contribution is -2.51. The molecule has 0 bridgehead atoms. The second-order valence-corrected chi connectivity index (χ2v) is 8.86. The molecule has 1 fully saturated rings. The Kier molecular flexibility index (Phi) is 8.76. The minimum absolute atomic E-state index is 0.126. The van der Waals surface area contributed by atoms with Gasteiger partial charge in [-0.15, -0.1) is 0 Å². The molecule has 0 aromatic heterocycles. The number of amides is 2. The van der Waals surface area contributed by atoms with Crippen LogP contribution in [-0.4, -0.2) is 35.4 Å². The molecule has 1 atom stereocenters. The maximum Gasteiger partial charge on any atom is 0.261 e. The van der Waals surface area contributed by atoms with Crippen LogP contribution in [0.3, 0.4) is 0 Å². The molecule has 0 unspecified atom stereocenters. The number of benzene rings is 2. The van der Waals surface area contributed by atoms with E-state index in [1.54, 1.807) is 25.1 Å². The molecule has 32 heavy (non-hydrogen) atoms. The molecule has 2 amide bonds. The van der Waals surface area contributed by atoms with Crippen molar-refractivity contribution in [2.45, 2.75) is 57.7 Å². The smallest absolute Gasteiger partial charge is 0.261 e. The lowest BCUT2D eigenvalue weighted by Gasteiger charge is -2.31. The van der Waals surface area contributed by atoms with Crippen LogP contribution in [0.25, 0.3) is 0 Å². The number of hydrogen-bond acceptors (Lipinski definition) is 3. The van der Waals surface area contributed by atoms with Crippen LogP contribution in [0.4, 0.5) is 4.39 Å². The van der Waals surface area contributed by atoms with Crippen LogP contribution in [0.2, 0.25) is 10.0 Å². The SMILES string of the molecule is C[C@H](C(=O)NC1CCCCC1)N(Cc1ccc(Cl)cc1Cl)C(=O)COc1ccc(F)cc1. The van der Waals surface area contributed by atoms with E-state index in [-0.39, 0.29) is 31.0 Å². The molecule has 0 aliphatic heterocycles. The molecule has 8 heteroatoms. The minimum Gasteiger partial charge on any atom is -0.484 e. The molecule has 2 aromatic carbocycles.